The van der Waals surface area contributed by atoms with E-state index >= 15 is 0 Å². The molecule has 1 N–H and O–H groups in total. The molecule has 0 amide bonds. The molecule has 0 radical (unpaired) electrons. The molecule has 0 saturated heterocycles. The maximum atomic E-state index is 11.7. The van der Waals surface area contributed by atoms with Crippen molar-refractivity contribution in [3.63, 3.8) is 0 Å². The van der Waals surface area contributed by atoms with Crippen molar-refractivity contribution < 1.29 is 9.53 Å². The van der Waals surface area contributed by atoms with Crippen LogP contribution in [0.1, 0.15) is 53.4 Å². The smallest absolute Gasteiger partial charge is 0.325 e. The maximum absolute atomic E-state index is 11.7. The highest BCUT2D eigenvalue weighted by Gasteiger charge is 2.33. The number of esters is 1. The van der Waals surface area contributed by atoms with Gasteiger partial charge in [-0.2, -0.15) is 0 Å². The Morgan fingerprint density at radius 1 is 1.31 bits per heavy atom. The number of methoxy groups -OCH3 is 1. The normalized spacial score (nSPS) is 14.9. The summed E-state index contributed by atoms with van der Waals surface area (Å²) >= 11 is 0. The summed E-state index contributed by atoms with van der Waals surface area (Å²) in [5, 5.41) is 3.38. The zero-order chi connectivity index (χ0) is 12.6. The molecule has 0 heterocycles. The van der Waals surface area contributed by atoms with E-state index in [1.54, 1.807) is 0 Å². The molecule has 0 aromatic rings. The van der Waals surface area contributed by atoms with Crippen LogP contribution in [0.25, 0.3) is 0 Å². The van der Waals surface area contributed by atoms with Crippen molar-refractivity contribution in [1.82, 2.24) is 5.32 Å². The Balaban J connectivity index is 4.37. The Labute approximate surface area is 99.9 Å². The fourth-order valence-corrected chi connectivity index (χ4v) is 1.93. The van der Waals surface area contributed by atoms with Crippen LogP contribution in [0, 0.1) is 5.92 Å². The lowest BCUT2D eigenvalue weighted by Crippen LogP contribution is -2.51. The highest BCUT2D eigenvalue weighted by molar-refractivity contribution is 5.80. The Bertz CT molecular complexity index is 202. The molecule has 1 atom stereocenters. The summed E-state index contributed by atoms with van der Waals surface area (Å²) in [6.45, 7) is 9.28. The lowest BCUT2D eigenvalue weighted by molar-refractivity contribution is -0.148. The van der Waals surface area contributed by atoms with E-state index in [2.05, 4.69) is 26.1 Å². The average molecular weight is 229 g/mol. The first kappa shape index (κ1) is 15.4. The van der Waals surface area contributed by atoms with Crippen LogP contribution in [-0.2, 0) is 9.53 Å². The summed E-state index contributed by atoms with van der Waals surface area (Å²) in [5.74, 6) is 0.487. The van der Waals surface area contributed by atoms with E-state index in [0.717, 1.165) is 32.2 Å². The Morgan fingerprint density at radius 3 is 2.25 bits per heavy atom. The van der Waals surface area contributed by atoms with Crippen molar-refractivity contribution in [3.8, 4) is 0 Å². The Hall–Kier alpha value is -0.570. The summed E-state index contributed by atoms with van der Waals surface area (Å²) in [4.78, 5) is 11.7. The highest BCUT2D eigenvalue weighted by Crippen LogP contribution is 2.16. The van der Waals surface area contributed by atoms with Gasteiger partial charge in [-0.25, -0.2) is 0 Å². The van der Waals surface area contributed by atoms with Crippen LogP contribution in [0.5, 0.6) is 0 Å². The summed E-state index contributed by atoms with van der Waals surface area (Å²) in [6, 6.07) is 0. The summed E-state index contributed by atoms with van der Waals surface area (Å²) < 4.78 is 4.87. The van der Waals surface area contributed by atoms with Gasteiger partial charge in [-0.15, -0.1) is 0 Å². The van der Waals surface area contributed by atoms with Gasteiger partial charge in [-0.05, 0) is 25.8 Å². The van der Waals surface area contributed by atoms with Gasteiger partial charge in [0, 0.05) is 0 Å². The van der Waals surface area contributed by atoms with Gasteiger partial charge in [-0.1, -0.05) is 40.0 Å². The molecule has 0 spiro atoms. The van der Waals surface area contributed by atoms with Crippen molar-refractivity contribution >= 4 is 5.97 Å². The molecule has 96 valence electrons. The molecule has 0 aliphatic rings. The first-order valence-corrected chi connectivity index (χ1v) is 6.37. The minimum absolute atomic E-state index is 0.152. The van der Waals surface area contributed by atoms with Crippen molar-refractivity contribution in [2.45, 2.75) is 58.9 Å². The minimum atomic E-state index is -0.522. The van der Waals surface area contributed by atoms with E-state index in [4.69, 9.17) is 4.74 Å². The van der Waals surface area contributed by atoms with Gasteiger partial charge >= 0.3 is 5.97 Å². The maximum Gasteiger partial charge on any atom is 0.325 e. The average Bonchev–Trinajstić information content (AvgIpc) is 2.29. The monoisotopic (exact) mass is 229 g/mol. The van der Waals surface area contributed by atoms with Gasteiger partial charge in [0.2, 0.25) is 0 Å². The van der Waals surface area contributed by atoms with Crippen LogP contribution in [0.2, 0.25) is 0 Å². The zero-order valence-electron chi connectivity index (χ0n) is 11.4. The van der Waals surface area contributed by atoms with Crippen LogP contribution < -0.4 is 5.32 Å². The molecule has 0 aliphatic carbocycles. The summed E-state index contributed by atoms with van der Waals surface area (Å²) in [5.41, 5.74) is -0.522. The molecule has 0 rings (SSSR count). The third-order valence-corrected chi connectivity index (χ3v) is 3.32. The Kier molecular flexibility index (Phi) is 7.39. The highest BCUT2D eigenvalue weighted by atomic mass is 16.5. The number of hydrogen-bond donors (Lipinski definition) is 1. The number of hydrogen-bond acceptors (Lipinski definition) is 3. The van der Waals surface area contributed by atoms with Gasteiger partial charge < -0.3 is 10.1 Å². The van der Waals surface area contributed by atoms with Crippen LogP contribution in [-0.4, -0.2) is 25.2 Å². The summed E-state index contributed by atoms with van der Waals surface area (Å²) in [7, 11) is 1.45. The second-order valence-corrected chi connectivity index (χ2v) is 4.64. The van der Waals surface area contributed by atoms with Crippen LogP contribution >= 0.6 is 0 Å². The van der Waals surface area contributed by atoms with Gasteiger partial charge in [0.15, 0.2) is 0 Å². The molecule has 1 unspecified atom stereocenters. The third-order valence-electron chi connectivity index (χ3n) is 3.32. The second-order valence-electron chi connectivity index (χ2n) is 4.64. The fraction of sp³-hybridized carbons (Fsp3) is 0.923. The number of ether oxygens (including phenoxy) is 1. The van der Waals surface area contributed by atoms with Gasteiger partial charge in [0.1, 0.15) is 5.54 Å². The molecule has 0 bridgehead atoms. The number of carbonyl (C=O) groups is 1. The number of rotatable bonds is 8. The molecule has 0 aromatic heterocycles. The van der Waals surface area contributed by atoms with Crippen LogP contribution in [0.3, 0.4) is 0 Å². The summed E-state index contributed by atoms with van der Waals surface area (Å²) in [6.07, 6.45) is 4.08. The first-order valence-electron chi connectivity index (χ1n) is 6.37. The van der Waals surface area contributed by atoms with Crippen molar-refractivity contribution in [2.24, 2.45) is 5.92 Å². The molecule has 3 heteroatoms. The molecule has 0 aliphatic heterocycles. The first-order chi connectivity index (χ1) is 7.53. The van der Waals surface area contributed by atoms with Gasteiger partial charge in [0.25, 0.3) is 0 Å². The quantitative estimate of drug-likeness (QED) is 0.650. The van der Waals surface area contributed by atoms with E-state index < -0.39 is 5.54 Å². The van der Waals surface area contributed by atoms with Crippen molar-refractivity contribution in [1.29, 1.82) is 0 Å². The molecule has 16 heavy (non-hydrogen) atoms. The van der Waals surface area contributed by atoms with Crippen molar-refractivity contribution in [3.05, 3.63) is 0 Å². The molecule has 3 nitrogen and oxygen atoms in total. The lowest BCUT2D eigenvalue weighted by Gasteiger charge is -2.29. The van der Waals surface area contributed by atoms with E-state index in [1.807, 2.05) is 6.92 Å². The third kappa shape index (κ3) is 4.52. The minimum Gasteiger partial charge on any atom is -0.468 e. The Morgan fingerprint density at radius 2 is 1.88 bits per heavy atom. The van der Waals surface area contributed by atoms with E-state index in [0.29, 0.717) is 5.92 Å². The second kappa shape index (κ2) is 7.66. The topological polar surface area (TPSA) is 38.3 Å². The number of nitrogens with one attached hydrogen (secondary N) is 1. The van der Waals surface area contributed by atoms with Gasteiger partial charge in [0.05, 0.1) is 7.11 Å². The van der Waals surface area contributed by atoms with Crippen molar-refractivity contribution in [2.75, 3.05) is 13.7 Å². The largest absolute Gasteiger partial charge is 0.468 e. The van der Waals surface area contributed by atoms with E-state index in [1.165, 1.54) is 7.11 Å². The predicted molar refractivity (Wildman–Crippen MR) is 67.4 cm³/mol. The van der Waals surface area contributed by atoms with Crippen LogP contribution in [0.4, 0.5) is 0 Å². The number of carbonyl (C=O) groups excluding carboxylic acids is 1. The molecular formula is C13H27NO2. The predicted octanol–water partition coefficient (Wildman–Crippen LogP) is 2.74. The van der Waals surface area contributed by atoms with Gasteiger partial charge in [-0.3, -0.25) is 4.79 Å². The van der Waals surface area contributed by atoms with E-state index in [9.17, 15) is 4.79 Å². The van der Waals surface area contributed by atoms with E-state index in [-0.39, 0.29) is 5.97 Å². The SMILES string of the molecule is CCCC(C)(NCC(CC)CC)C(=O)OC. The molecular weight excluding hydrogens is 202 g/mol. The molecule has 0 saturated carbocycles. The molecule has 0 fully saturated rings. The molecule has 0 aromatic carbocycles. The van der Waals surface area contributed by atoms with Crippen LogP contribution in [0.15, 0.2) is 0 Å². The lowest BCUT2D eigenvalue weighted by atomic mass is 9.94. The fourth-order valence-electron chi connectivity index (χ4n) is 1.93. The zero-order valence-corrected chi connectivity index (χ0v) is 11.4. The standard InChI is InChI=1S/C13H27NO2/c1-6-9-13(4,12(15)16-5)14-10-11(7-2)8-3/h11,14H,6-10H2,1-5H3.